The molecule has 2 aliphatic rings. The van der Waals surface area contributed by atoms with Crippen molar-refractivity contribution in [2.24, 2.45) is 0 Å². The maximum atomic E-state index is 12.6. The number of amides is 1. The number of rotatable bonds is 5. The van der Waals surface area contributed by atoms with Crippen LogP contribution in [0.4, 0.5) is 0 Å². The van der Waals surface area contributed by atoms with E-state index in [2.05, 4.69) is 26.4 Å². The molecule has 0 N–H and O–H groups in total. The first kappa shape index (κ1) is 15.5. The molecule has 0 spiro atoms. The van der Waals surface area contributed by atoms with Gasteiger partial charge in [0.2, 0.25) is 5.91 Å². The summed E-state index contributed by atoms with van der Waals surface area (Å²) in [4.78, 5) is 21.5. The van der Waals surface area contributed by atoms with Gasteiger partial charge in [-0.3, -0.25) is 4.79 Å². The quantitative estimate of drug-likeness (QED) is 0.836. The summed E-state index contributed by atoms with van der Waals surface area (Å²) >= 11 is 0. The van der Waals surface area contributed by atoms with Gasteiger partial charge in [-0.25, -0.2) is 4.98 Å². The van der Waals surface area contributed by atoms with Crippen LogP contribution in [-0.2, 0) is 11.3 Å². The standard InChI is InChI=1S/C17H28N4O/c1-14-18-9-13-20(14)11-5-8-17(22)21-12-4-7-16(21)15-6-3-10-19(15)2/h9,13,15-16H,3-8,10-12H2,1-2H3. The molecule has 5 heteroatoms. The monoisotopic (exact) mass is 304 g/mol. The van der Waals surface area contributed by atoms with Gasteiger partial charge in [0.25, 0.3) is 0 Å². The number of nitrogens with zero attached hydrogens (tertiary/aromatic N) is 4. The molecule has 3 rings (SSSR count). The minimum Gasteiger partial charge on any atom is -0.338 e. The van der Waals surface area contributed by atoms with Crippen molar-refractivity contribution in [3.05, 3.63) is 18.2 Å². The Kier molecular flexibility index (Phi) is 4.81. The summed E-state index contributed by atoms with van der Waals surface area (Å²) in [6, 6.07) is 1.04. The Morgan fingerprint density at radius 1 is 1.27 bits per heavy atom. The van der Waals surface area contributed by atoms with Crippen LogP contribution in [0.5, 0.6) is 0 Å². The highest BCUT2D eigenvalue weighted by molar-refractivity contribution is 5.76. The van der Waals surface area contributed by atoms with Gasteiger partial charge in [-0.15, -0.1) is 0 Å². The molecule has 22 heavy (non-hydrogen) atoms. The zero-order valence-corrected chi connectivity index (χ0v) is 13.9. The van der Waals surface area contributed by atoms with Crippen LogP contribution in [0.1, 0.15) is 44.3 Å². The third-order valence-corrected chi connectivity index (χ3v) is 5.35. The minimum atomic E-state index is 0.348. The summed E-state index contributed by atoms with van der Waals surface area (Å²) in [5.74, 6) is 1.37. The van der Waals surface area contributed by atoms with Crippen molar-refractivity contribution in [1.82, 2.24) is 19.4 Å². The zero-order chi connectivity index (χ0) is 15.5. The van der Waals surface area contributed by atoms with Crippen molar-refractivity contribution in [3.63, 3.8) is 0 Å². The van der Waals surface area contributed by atoms with E-state index in [1.165, 1.54) is 32.2 Å². The second-order valence-corrected chi connectivity index (χ2v) is 6.76. The second kappa shape index (κ2) is 6.82. The van der Waals surface area contributed by atoms with E-state index >= 15 is 0 Å². The zero-order valence-electron chi connectivity index (χ0n) is 13.9. The number of carbonyl (C=O) groups excluding carboxylic acids is 1. The maximum Gasteiger partial charge on any atom is 0.222 e. The third-order valence-electron chi connectivity index (χ3n) is 5.35. The molecular formula is C17H28N4O. The van der Waals surface area contributed by atoms with Gasteiger partial charge in [0.1, 0.15) is 5.82 Å². The van der Waals surface area contributed by atoms with Gasteiger partial charge in [0.05, 0.1) is 0 Å². The Bertz CT molecular complexity index is 513. The van der Waals surface area contributed by atoms with Crippen LogP contribution >= 0.6 is 0 Å². The van der Waals surface area contributed by atoms with Gasteiger partial charge >= 0.3 is 0 Å². The fourth-order valence-electron chi connectivity index (χ4n) is 4.11. The highest BCUT2D eigenvalue weighted by Gasteiger charge is 2.37. The van der Waals surface area contributed by atoms with Gasteiger partial charge in [-0.2, -0.15) is 0 Å². The first-order valence-corrected chi connectivity index (χ1v) is 8.64. The first-order valence-electron chi connectivity index (χ1n) is 8.64. The van der Waals surface area contributed by atoms with Crippen molar-refractivity contribution in [1.29, 1.82) is 0 Å². The number of likely N-dealkylation sites (N-methyl/N-ethyl adjacent to an activating group) is 1. The molecule has 1 aromatic rings. The predicted molar refractivity (Wildman–Crippen MR) is 86.6 cm³/mol. The summed E-state index contributed by atoms with van der Waals surface area (Å²) in [7, 11) is 2.21. The number of carbonyl (C=O) groups is 1. The van der Waals surface area contributed by atoms with Crippen LogP contribution in [0, 0.1) is 6.92 Å². The molecule has 2 atom stereocenters. The van der Waals surface area contributed by atoms with E-state index in [1.807, 2.05) is 19.3 Å². The number of hydrogen-bond acceptors (Lipinski definition) is 3. The van der Waals surface area contributed by atoms with Crippen LogP contribution < -0.4 is 0 Å². The Morgan fingerprint density at radius 3 is 2.73 bits per heavy atom. The van der Waals surface area contributed by atoms with E-state index in [0.717, 1.165) is 25.3 Å². The Labute approximate surface area is 133 Å². The third kappa shape index (κ3) is 3.19. The van der Waals surface area contributed by atoms with Crippen LogP contribution in [-0.4, -0.2) is 57.5 Å². The van der Waals surface area contributed by atoms with Gasteiger partial charge < -0.3 is 14.4 Å². The van der Waals surface area contributed by atoms with Crippen molar-refractivity contribution in [3.8, 4) is 0 Å². The number of hydrogen-bond donors (Lipinski definition) is 0. The van der Waals surface area contributed by atoms with E-state index in [0.29, 0.717) is 24.4 Å². The number of aryl methyl sites for hydroxylation is 2. The van der Waals surface area contributed by atoms with Gasteiger partial charge in [-0.05, 0) is 52.6 Å². The molecule has 2 fully saturated rings. The van der Waals surface area contributed by atoms with E-state index in [1.54, 1.807) is 0 Å². The summed E-state index contributed by atoms with van der Waals surface area (Å²) in [6.07, 6.45) is 10.3. The predicted octanol–water partition coefficient (Wildman–Crippen LogP) is 2.06. The topological polar surface area (TPSA) is 41.4 Å². The molecule has 5 nitrogen and oxygen atoms in total. The Balaban J connectivity index is 1.51. The molecular weight excluding hydrogens is 276 g/mol. The number of imidazole rings is 1. The Hall–Kier alpha value is -1.36. The molecule has 0 bridgehead atoms. The van der Waals surface area contributed by atoms with Gasteiger partial charge in [0.15, 0.2) is 0 Å². The lowest BCUT2D eigenvalue weighted by molar-refractivity contribution is -0.133. The largest absolute Gasteiger partial charge is 0.338 e. The molecule has 122 valence electrons. The molecule has 1 aromatic heterocycles. The van der Waals surface area contributed by atoms with E-state index in [4.69, 9.17) is 0 Å². The van der Waals surface area contributed by atoms with E-state index < -0.39 is 0 Å². The molecule has 0 aliphatic carbocycles. The van der Waals surface area contributed by atoms with Crippen LogP contribution in [0.15, 0.2) is 12.4 Å². The van der Waals surface area contributed by atoms with Crippen LogP contribution in [0.25, 0.3) is 0 Å². The molecule has 0 radical (unpaired) electrons. The second-order valence-electron chi connectivity index (χ2n) is 6.76. The lowest BCUT2D eigenvalue weighted by atomic mass is 10.0. The molecule has 2 unspecified atom stereocenters. The fourth-order valence-corrected chi connectivity index (χ4v) is 4.11. The van der Waals surface area contributed by atoms with Crippen molar-refractivity contribution in [2.45, 2.75) is 64.1 Å². The molecule has 2 aliphatic heterocycles. The maximum absolute atomic E-state index is 12.6. The molecule has 3 heterocycles. The number of aromatic nitrogens is 2. The first-order chi connectivity index (χ1) is 10.7. The van der Waals surface area contributed by atoms with Crippen molar-refractivity contribution in [2.75, 3.05) is 20.1 Å². The summed E-state index contributed by atoms with van der Waals surface area (Å²) in [5.41, 5.74) is 0. The average Bonchev–Trinajstić information content (AvgIpc) is 3.20. The smallest absolute Gasteiger partial charge is 0.222 e. The van der Waals surface area contributed by atoms with E-state index in [9.17, 15) is 4.79 Å². The summed E-state index contributed by atoms with van der Waals surface area (Å²) in [6.45, 7) is 5.04. The summed E-state index contributed by atoms with van der Waals surface area (Å²) in [5, 5.41) is 0. The summed E-state index contributed by atoms with van der Waals surface area (Å²) < 4.78 is 2.12. The lowest BCUT2D eigenvalue weighted by Gasteiger charge is -2.33. The highest BCUT2D eigenvalue weighted by atomic mass is 16.2. The van der Waals surface area contributed by atoms with Crippen molar-refractivity contribution < 1.29 is 4.79 Å². The SMILES string of the molecule is Cc1nccn1CCCC(=O)N1CCCC1C1CCCN1C. The van der Waals surface area contributed by atoms with Crippen LogP contribution in [0.3, 0.4) is 0 Å². The highest BCUT2D eigenvalue weighted by Crippen LogP contribution is 2.29. The molecule has 0 saturated carbocycles. The minimum absolute atomic E-state index is 0.348. The van der Waals surface area contributed by atoms with Crippen LogP contribution in [0.2, 0.25) is 0 Å². The molecule has 2 saturated heterocycles. The lowest BCUT2D eigenvalue weighted by Crippen LogP contribution is -2.47. The fraction of sp³-hybridized carbons (Fsp3) is 0.765. The van der Waals surface area contributed by atoms with Gasteiger partial charge in [-0.1, -0.05) is 0 Å². The Morgan fingerprint density at radius 2 is 2.05 bits per heavy atom. The van der Waals surface area contributed by atoms with E-state index in [-0.39, 0.29) is 0 Å². The van der Waals surface area contributed by atoms with Crippen molar-refractivity contribution >= 4 is 5.91 Å². The molecule has 0 aromatic carbocycles. The number of likely N-dealkylation sites (tertiary alicyclic amines) is 2. The average molecular weight is 304 g/mol. The van der Waals surface area contributed by atoms with Gasteiger partial charge in [0, 0.05) is 44.0 Å². The normalized spacial score (nSPS) is 26.0. The molecule has 1 amide bonds.